The van der Waals surface area contributed by atoms with Crippen molar-refractivity contribution in [2.45, 2.75) is 6.10 Å². The maximum absolute atomic E-state index is 12.0. The van der Waals surface area contributed by atoms with Gasteiger partial charge in [-0.2, -0.15) is 0 Å². The number of ether oxygens (including phenoxy) is 1. The zero-order chi connectivity index (χ0) is 16.4. The third-order valence-corrected chi connectivity index (χ3v) is 4.93. The molecule has 23 heavy (non-hydrogen) atoms. The fourth-order valence-electron chi connectivity index (χ4n) is 2.19. The molecule has 8 heteroatoms. The molecule has 0 spiro atoms. The van der Waals surface area contributed by atoms with Gasteiger partial charge in [0.15, 0.2) is 0 Å². The Bertz CT molecular complexity index is 736. The largest absolute Gasteiger partial charge is 0.442 e. The molecule has 1 aromatic carbocycles. The summed E-state index contributed by atoms with van der Waals surface area (Å²) in [5, 5.41) is 5.38. The van der Waals surface area contributed by atoms with E-state index in [9.17, 15) is 9.59 Å². The average Bonchev–Trinajstić information content (AvgIpc) is 3.17. The third-order valence-electron chi connectivity index (χ3n) is 3.32. The van der Waals surface area contributed by atoms with Crippen LogP contribution in [0.2, 0.25) is 10.0 Å². The molecule has 2 amide bonds. The van der Waals surface area contributed by atoms with Crippen LogP contribution >= 0.6 is 34.5 Å². The number of amides is 2. The molecular formula is C15H12Cl2N2O3S. The molecule has 1 atom stereocenters. The number of carbonyl (C=O) groups excluding carboxylic acids is 2. The number of hydrogen-bond donors (Lipinski definition) is 1. The van der Waals surface area contributed by atoms with Crippen molar-refractivity contribution in [3.05, 3.63) is 50.6 Å². The number of nitrogens with zero attached hydrogens (tertiary/aromatic N) is 1. The lowest BCUT2D eigenvalue weighted by molar-refractivity contribution is 0.0920. The first-order valence-corrected chi connectivity index (χ1v) is 8.43. The van der Waals surface area contributed by atoms with Gasteiger partial charge in [-0.15, -0.1) is 11.3 Å². The fourth-order valence-corrected chi connectivity index (χ4v) is 3.13. The highest BCUT2D eigenvalue weighted by Crippen LogP contribution is 2.29. The van der Waals surface area contributed by atoms with Gasteiger partial charge >= 0.3 is 6.09 Å². The zero-order valence-electron chi connectivity index (χ0n) is 11.8. The van der Waals surface area contributed by atoms with E-state index in [1.807, 2.05) is 5.38 Å². The first-order valence-electron chi connectivity index (χ1n) is 6.79. The second-order valence-corrected chi connectivity index (χ2v) is 6.66. The van der Waals surface area contributed by atoms with Gasteiger partial charge in [0.1, 0.15) is 6.10 Å². The van der Waals surface area contributed by atoms with Crippen LogP contribution in [0.1, 0.15) is 9.67 Å². The second-order valence-electron chi connectivity index (χ2n) is 4.90. The lowest BCUT2D eigenvalue weighted by Crippen LogP contribution is -2.34. The van der Waals surface area contributed by atoms with Crippen LogP contribution in [0.4, 0.5) is 10.5 Å². The summed E-state index contributed by atoms with van der Waals surface area (Å²) in [5.74, 6) is -0.177. The van der Waals surface area contributed by atoms with E-state index in [1.165, 1.54) is 16.2 Å². The zero-order valence-corrected chi connectivity index (χ0v) is 14.1. The number of thiophene rings is 1. The predicted molar refractivity (Wildman–Crippen MR) is 90.7 cm³/mol. The van der Waals surface area contributed by atoms with E-state index in [-0.39, 0.29) is 12.5 Å². The molecule has 0 aliphatic carbocycles. The highest BCUT2D eigenvalue weighted by atomic mass is 35.5. The smallest absolute Gasteiger partial charge is 0.414 e. The third kappa shape index (κ3) is 3.60. The Morgan fingerprint density at radius 3 is 2.87 bits per heavy atom. The minimum Gasteiger partial charge on any atom is -0.442 e. The standard InChI is InChI=1S/C15H12Cl2N2O3S/c16-11-4-3-9(6-12(11)17)19-8-10(22-15(19)21)7-18-14(20)13-2-1-5-23-13/h1-6,10H,7-8H2,(H,18,20)/t10-/m0/s1. The monoisotopic (exact) mass is 370 g/mol. The minimum absolute atomic E-state index is 0.177. The van der Waals surface area contributed by atoms with Crippen molar-refractivity contribution in [2.75, 3.05) is 18.0 Å². The Kier molecular flexibility index (Phi) is 4.75. The molecule has 120 valence electrons. The molecule has 0 bridgehead atoms. The summed E-state index contributed by atoms with van der Waals surface area (Å²) in [6.07, 6.45) is -0.889. The molecular weight excluding hydrogens is 359 g/mol. The summed E-state index contributed by atoms with van der Waals surface area (Å²) >= 11 is 13.2. The van der Waals surface area contributed by atoms with Crippen molar-refractivity contribution in [3.8, 4) is 0 Å². The van der Waals surface area contributed by atoms with Gasteiger partial charge in [-0.1, -0.05) is 29.3 Å². The number of rotatable bonds is 4. The molecule has 5 nitrogen and oxygen atoms in total. The van der Waals surface area contributed by atoms with Crippen molar-refractivity contribution in [1.29, 1.82) is 0 Å². The van der Waals surface area contributed by atoms with Gasteiger partial charge in [0.05, 0.1) is 28.0 Å². The summed E-state index contributed by atoms with van der Waals surface area (Å²) in [4.78, 5) is 25.9. The van der Waals surface area contributed by atoms with Crippen LogP contribution < -0.4 is 10.2 Å². The number of benzene rings is 1. The van der Waals surface area contributed by atoms with Crippen LogP contribution in [-0.2, 0) is 4.74 Å². The number of hydrogen-bond acceptors (Lipinski definition) is 4. The van der Waals surface area contributed by atoms with Crippen LogP contribution in [-0.4, -0.2) is 31.2 Å². The Morgan fingerprint density at radius 2 is 2.17 bits per heavy atom. The second kappa shape index (κ2) is 6.78. The van der Waals surface area contributed by atoms with Crippen molar-refractivity contribution in [1.82, 2.24) is 5.32 Å². The SMILES string of the molecule is O=C(NC[C@H]1CN(c2ccc(Cl)c(Cl)c2)C(=O)O1)c1cccs1. The Morgan fingerprint density at radius 1 is 1.35 bits per heavy atom. The van der Waals surface area contributed by atoms with E-state index in [4.69, 9.17) is 27.9 Å². The summed E-state index contributed by atoms with van der Waals surface area (Å²) in [6, 6.07) is 8.47. The Labute approximate surface area is 146 Å². The number of anilines is 1. The Balaban J connectivity index is 1.61. The Hall–Kier alpha value is -1.76. The van der Waals surface area contributed by atoms with Crippen LogP contribution in [0.3, 0.4) is 0 Å². The van der Waals surface area contributed by atoms with Gasteiger partial charge in [0.2, 0.25) is 0 Å². The van der Waals surface area contributed by atoms with Crippen LogP contribution in [0.15, 0.2) is 35.7 Å². The first-order chi connectivity index (χ1) is 11.0. The quantitative estimate of drug-likeness (QED) is 0.889. The van der Waals surface area contributed by atoms with E-state index in [2.05, 4.69) is 5.32 Å². The highest BCUT2D eigenvalue weighted by molar-refractivity contribution is 7.12. The number of nitrogens with one attached hydrogen (secondary N) is 1. The molecule has 1 aliphatic rings. The van der Waals surface area contributed by atoms with E-state index in [0.29, 0.717) is 27.2 Å². The average molecular weight is 371 g/mol. The van der Waals surface area contributed by atoms with Gasteiger partial charge in [-0.25, -0.2) is 4.79 Å². The van der Waals surface area contributed by atoms with Crippen molar-refractivity contribution in [2.24, 2.45) is 0 Å². The lowest BCUT2D eigenvalue weighted by atomic mass is 10.2. The highest BCUT2D eigenvalue weighted by Gasteiger charge is 2.32. The van der Waals surface area contributed by atoms with Gasteiger partial charge in [0, 0.05) is 5.69 Å². The minimum atomic E-state index is -0.473. The molecule has 0 unspecified atom stereocenters. The molecule has 1 fully saturated rings. The topological polar surface area (TPSA) is 58.6 Å². The molecule has 0 saturated carbocycles. The van der Waals surface area contributed by atoms with Crippen LogP contribution in [0, 0.1) is 0 Å². The summed E-state index contributed by atoms with van der Waals surface area (Å²) in [5.41, 5.74) is 0.608. The first kappa shape index (κ1) is 16.1. The summed E-state index contributed by atoms with van der Waals surface area (Å²) < 4.78 is 5.27. The molecule has 2 heterocycles. The van der Waals surface area contributed by atoms with Crippen molar-refractivity contribution >= 4 is 52.2 Å². The molecule has 3 rings (SSSR count). The van der Waals surface area contributed by atoms with Crippen LogP contribution in [0.5, 0.6) is 0 Å². The van der Waals surface area contributed by atoms with E-state index in [1.54, 1.807) is 30.3 Å². The summed E-state index contributed by atoms with van der Waals surface area (Å²) in [7, 11) is 0. The van der Waals surface area contributed by atoms with Gasteiger partial charge < -0.3 is 10.1 Å². The molecule has 2 aromatic rings. The molecule has 1 aliphatic heterocycles. The van der Waals surface area contributed by atoms with Gasteiger partial charge in [-0.3, -0.25) is 9.69 Å². The van der Waals surface area contributed by atoms with Gasteiger partial charge in [-0.05, 0) is 29.6 Å². The van der Waals surface area contributed by atoms with Crippen LogP contribution in [0.25, 0.3) is 0 Å². The lowest BCUT2D eigenvalue weighted by Gasteiger charge is -2.13. The number of halogens is 2. The van der Waals surface area contributed by atoms with Crippen molar-refractivity contribution in [3.63, 3.8) is 0 Å². The molecule has 1 N–H and O–H groups in total. The maximum Gasteiger partial charge on any atom is 0.414 e. The van der Waals surface area contributed by atoms with Gasteiger partial charge in [0.25, 0.3) is 5.91 Å². The van der Waals surface area contributed by atoms with E-state index >= 15 is 0 Å². The number of carbonyl (C=O) groups is 2. The van der Waals surface area contributed by atoms with E-state index in [0.717, 1.165) is 0 Å². The predicted octanol–water partition coefficient (Wildman–Crippen LogP) is 3.81. The number of cyclic esters (lactones) is 1. The fraction of sp³-hybridized carbons (Fsp3) is 0.200. The molecule has 0 radical (unpaired) electrons. The summed E-state index contributed by atoms with van der Waals surface area (Å²) in [6.45, 7) is 0.585. The van der Waals surface area contributed by atoms with Crippen molar-refractivity contribution < 1.29 is 14.3 Å². The molecule has 1 saturated heterocycles. The van der Waals surface area contributed by atoms with E-state index < -0.39 is 12.2 Å². The molecule has 1 aromatic heterocycles. The normalized spacial score (nSPS) is 17.2. The maximum atomic E-state index is 12.0.